The van der Waals surface area contributed by atoms with Crippen molar-refractivity contribution in [2.75, 3.05) is 38.4 Å². The Kier molecular flexibility index (Phi) is 6.50. The highest BCUT2D eigenvalue weighted by Crippen LogP contribution is 2.24. The monoisotopic (exact) mass is 254 g/mol. The molecule has 0 aliphatic carbocycles. The first-order valence-corrected chi connectivity index (χ1v) is 6.63. The molecule has 0 saturated carbocycles. The number of hydrogen-bond acceptors (Lipinski definition) is 4. The van der Waals surface area contributed by atoms with Crippen LogP contribution in [0.5, 0.6) is 0 Å². The SMILES string of the molecule is COCCNC(=O)CNc1ccccc1SC. The Morgan fingerprint density at radius 1 is 1.41 bits per heavy atom. The van der Waals surface area contributed by atoms with Gasteiger partial charge in [0.1, 0.15) is 0 Å². The summed E-state index contributed by atoms with van der Waals surface area (Å²) in [6.07, 6.45) is 2.01. The normalized spacial score (nSPS) is 10.0. The molecule has 0 spiro atoms. The van der Waals surface area contributed by atoms with Crippen LogP contribution in [0.2, 0.25) is 0 Å². The number of benzene rings is 1. The van der Waals surface area contributed by atoms with Gasteiger partial charge in [0.2, 0.25) is 5.91 Å². The zero-order valence-electron chi connectivity index (χ0n) is 10.2. The van der Waals surface area contributed by atoms with Gasteiger partial charge in [-0.3, -0.25) is 4.79 Å². The lowest BCUT2D eigenvalue weighted by molar-refractivity contribution is -0.119. The molecule has 1 aromatic carbocycles. The number of thioether (sulfide) groups is 1. The highest BCUT2D eigenvalue weighted by molar-refractivity contribution is 7.98. The second-order valence-corrected chi connectivity index (χ2v) is 4.24. The van der Waals surface area contributed by atoms with Gasteiger partial charge in [0.25, 0.3) is 0 Å². The summed E-state index contributed by atoms with van der Waals surface area (Å²) < 4.78 is 4.85. The van der Waals surface area contributed by atoms with E-state index < -0.39 is 0 Å². The van der Waals surface area contributed by atoms with Crippen LogP contribution in [0, 0.1) is 0 Å². The lowest BCUT2D eigenvalue weighted by atomic mass is 10.3. The molecule has 0 bridgehead atoms. The van der Waals surface area contributed by atoms with Gasteiger partial charge >= 0.3 is 0 Å². The molecular weight excluding hydrogens is 236 g/mol. The topological polar surface area (TPSA) is 50.4 Å². The van der Waals surface area contributed by atoms with Crippen molar-refractivity contribution in [3.05, 3.63) is 24.3 Å². The summed E-state index contributed by atoms with van der Waals surface area (Å²) in [5, 5.41) is 5.88. The summed E-state index contributed by atoms with van der Waals surface area (Å²) in [6, 6.07) is 7.92. The molecule has 0 aromatic heterocycles. The molecule has 0 aliphatic rings. The molecule has 0 radical (unpaired) electrons. The molecule has 5 heteroatoms. The summed E-state index contributed by atoms with van der Waals surface area (Å²) in [5.41, 5.74) is 0.988. The van der Waals surface area contributed by atoms with E-state index in [1.54, 1.807) is 18.9 Å². The van der Waals surface area contributed by atoms with Crippen molar-refractivity contribution in [1.82, 2.24) is 5.32 Å². The second-order valence-electron chi connectivity index (χ2n) is 3.40. The molecular formula is C12H18N2O2S. The predicted octanol–water partition coefficient (Wildman–Crippen LogP) is 1.58. The van der Waals surface area contributed by atoms with E-state index in [9.17, 15) is 4.79 Å². The number of nitrogens with one attached hydrogen (secondary N) is 2. The highest BCUT2D eigenvalue weighted by Gasteiger charge is 2.03. The fraction of sp³-hybridized carbons (Fsp3) is 0.417. The van der Waals surface area contributed by atoms with E-state index in [-0.39, 0.29) is 12.5 Å². The molecule has 0 heterocycles. The van der Waals surface area contributed by atoms with Crippen molar-refractivity contribution < 1.29 is 9.53 Å². The maximum Gasteiger partial charge on any atom is 0.239 e. The van der Waals surface area contributed by atoms with Crippen LogP contribution >= 0.6 is 11.8 Å². The highest BCUT2D eigenvalue weighted by atomic mass is 32.2. The van der Waals surface area contributed by atoms with Crippen LogP contribution in [-0.4, -0.2) is 39.0 Å². The zero-order valence-corrected chi connectivity index (χ0v) is 11.0. The standard InChI is InChI=1S/C12H18N2O2S/c1-16-8-7-13-12(15)9-14-10-5-3-4-6-11(10)17-2/h3-6,14H,7-9H2,1-2H3,(H,13,15). The van der Waals surface area contributed by atoms with Gasteiger partial charge in [0.05, 0.1) is 13.2 Å². The number of rotatable bonds is 7. The first-order valence-electron chi connectivity index (χ1n) is 5.40. The minimum absolute atomic E-state index is 0.0297. The van der Waals surface area contributed by atoms with Crippen molar-refractivity contribution in [3.63, 3.8) is 0 Å². The zero-order chi connectivity index (χ0) is 12.5. The third-order valence-electron chi connectivity index (χ3n) is 2.17. The summed E-state index contributed by atoms with van der Waals surface area (Å²) >= 11 is 1.65. The van der Waals surface area contributed by atoms with E-state index >= 15 is 0 Å². The summed E-state index contributed by atoms with van der Waals surface area (Å²) in [7, 11) is 1.61. The summed E-state index contributed by atoms with van der Waals surface area (Å²) in [6.45, 7) is 1.36. The number of carbonyl (C=O) groups excluding carboxylic acids is 1. The van der Waals surface area contributed by atoms with Gasteiger partial charge in [-0.2, -0.15) is 0 Å². The number of amides is 1. The van der Waals surface area contributed by atoms with Gasteiger partial charge in [0, 0.05) is 24.2 Å². The van der Waals surface area contributed by atoms with Crippen molar-refractivity contribution in [2.45, 2.75) is 4.90 Å². The molecule has 0 saturated heterocycles. The lowest BCUT2D eigenvalue weighted by Gasteiger charge is -2.10. The molecule has 1 aromatic rings. The van der Waals surface area contributed by atoms with E-state index in [4.69, 9.17) is 4.74 Å². The van der Waals surface area contributed by atoms with Gasteiger partial charge in [-0.15, -0.1) is 11.8 Å². The van der Waals surface area contributed by atoms with Crippen LogP contribution in [0.4, 0.5) is 5.69 Å². The molecule has 0 atom stereocenters. The quantitative estimate of drug-likeness (QED) is 0.573. The molecule has 94 valence electrons. The van der Waals surface area contributed by atoms with Crippen LogP contribution in [0.1, 0.15) is 0 Å². The molecule has 0 aliphatic heterocycles. The van der Waals surface area contributed by atoms with Crippen LogP contribution in [0.25, 0.3) is 0 Å². The van der Waals surface area contributed by atoms with Crippen LogP contribution in [0.3, 0.4) is 0 Å². The second kappa shape index (κ2) is 7.97. The molecule has 17 heavy (non-hydrogen) atoms. The third kappa shape index (κ3) is 5.10. The first kappa shape index (κ1) is 13.9. The number of carbonyl (C=O) groups is 1. The first-order chi connectivity index (χ1) is 8.27. The van der Waals surface area contributed by atoms with Gasteiger partial charge in [0.15, 0.2) is 0 Å². The fourth-order valence-electron chi connectivity index (χ4n) is 1.32. The minimum Gasteiger partial charge on any atom is -0.383 e. The van der Waals surface area contributed by atoms with Crippen LogP contribution in [-0.2, 0) is 9.53 Å². The Labute approximate surface area is 106 Å². The maximum atomic E-state index is 11.5. The van der Waals surface area contributed by atoms with Gasteiger partial charge in [-0.25, -0.2) is 0 Å². The number of para-hydroxylation sites is 1. The summed E-state index contributed by atoms with van der Waals surface area (Å²) in [4.78, 5) is 12.6. The number of hydrogen-bond donors (Lipinski definition) is 2. The largest absolute Gasteiger partial charge is 0.383 e. The molecule has 0 unspecified atom stereocenters. The van der Waals surface area contributed by atoms with Crippen molar-refractivity contribution in [2.24, 2.45) is 0 Å². The number of methoxy groups -OCH3 is 1. The van der Waals surface area contributed by atoms with E-state index in [0.29, 0.717) is 13.2 Å². The Hall–Kier alpha value is -1.20. The maximum absolute atomic E-state index is 11.5. The average molecular weight is 254 g/mol. The fourth-order valence-corrected chi connectivity index (χ4v) is 1.90. The Morgan fingerprint density at radius 2 is 2.18 bits per heavy atom. The number of ether oxygens (including phenoxy) is 1. The van der Waals surface area contributed by atoms with Crippen LogP contribution < -0.4 is 10.6 Å². The predicted molar refractivity (Wildman–Crippen MR) is 71.6 cm³/mol. The van der Waals surface area contributed by atoms with Gasteiger partial charge in [-0.05, 0) is 18.4 Å². The van der Waals surface area contributed by atoms with Crippen molar-refractivity contribution >= 4 is 23.4 Å². The molecule has 2 N–H and O–H groups in total. The van der Waals surface area contributed by atoms with Crippen LogP contribution in [0.15, 0.2) is 29.2 Å². The Bertz CT molecular complexity index is 358. The molecule has 0 fully saturated rings. The van der Waals surface area contributed by atoms with E-state index in [0.717, 1.165) is 10.6 Å². The Balaban J connectivity index is 2.36. The van der Waals surface area contributed by atoms with Crippen molar-refractivity contribution in [1.29, 1.82) is 0 Å². The summed E-state index contributed by atoms with van der Waals surface area (Å²) in [5.74, 6) is -0.0297. The third-order valence-corrected chi connectivity index (χ3v) is 2.97. The smallest absolute Gasteiger partial charge is 0.239 e. The molecule has 1 rings (SSSR count). The van der Waals surface area contributed by atoms with E-state index in [1.165, 1.54) is 0 Å². The molecule has 4 nitrogen and oxygen atoms in total. The van der Waals surface area contributed by atoms with E-state index in [2.05, 4.69) is 10.6 Å². The van der Waals surface area contributed by atoms with Gasteiger partial charge in [-0.1, -0.05) is 12.1 Å². The molecule has 1 amide bonds. The lowest BCUT2D eigenvalue weighted by Crippen LogP contribution is -2.32. The van der Waals surface area contributed by atoms with Gasteiger partial charge < -0.3 is 15.4 Å². The minimum atomic E-state index is -0.0297. The van der Waals surface area contributed by atoms with Crippen molar-refractivity contribution in [3.8, 4) is 0 Å². The Morgan fingerprint density at radius 3 is 2.88 bits per heavy atom. The number of anilines is 1. The average Bonchev–Trinajstić information content (AvgIpc) is 2.37. The van der Waals surface area contributed by atoms with E-state index in [1.807, 2.05) is 30.5 Å².